The van der Waals surface area contributed by atoms with E-state index in [0.29, 0.717) is 24.3 Å². The highest BCUT2D eigenvalue weighted by Gasteiger charge is 2.44. The highest BCUT2D eigenvalue weighted by atomic mass is 16.5. The lowest BCUT2D eigenvalue weighted by atomic mass is 9.89. The fourth-order valence-corrected chi connectivity index (χ4v) is 4.19. The molecule has 1 heterocycles. The molecule has 1 aromatic rings. The van der Waals surface area contributed by atoms with Gasteiger partial charge in [0, 0.05) is 5.56 Å². The Morgan fingerprint density at radius 2 is 1.55 bits per heavy atom. The van der Waals surface area contributed by atoms with Gasteiger partial charge in [0.25, 0.3) is 0 Å². The van der Waals surface area contributed by atoms with Gasteiger partial charge in [0.1, 0.15) is 36.3 Å². The lowest BCUT2D eigenvalue weighted by Crippen LogP contribution is -2.55. The Morgan fingerprint density at radius 1 is 0.839 bits per heavy atom. The zero-order valence-electron chi connectivity index (χ0n) is 17.4. The van der Waals surface area contributed by atoms with Gasteiger partial charge in [-0.25, -0.2) is 0 Å². The van der Waals surface area contributed by atoms with Crippen LogP contribution in [0.1, 0.15) is 29.7 Å². The number of hydrogen-bond donors (Lipinski definition) is 4. The number of fused-ring (bicyclic) bond motifs is 1. The van der Waals surface area contributed by atoms with E-state index in [1.54, 1.807) is 0 Å². The number of hydrogen-bond acceptors (Lipinski definition) is 6. The Morgan fingerprint density at radius 3 is 2.19 bits per heavy atom. The van der Waals surface area contributed by atoms with Crippen molar-refractivity contribution >= 4 is 0 Å². The number of aliphatic hydroxyl groups excluding tert-OH is 4. The van der Waals surface area contributed by atoms with Crippen LogP contribution in [0.5, 0.6) is 5.75 Å². The summed E-state index contributed by atoms with van der Waals surface area (Å²) in [6, 6.07) is 20.2. The van der Waals surface area contributed by atoms with Gasteiger partial charge in [0.15, 0.2) is 0 Å². The SMILES string of the molecule is CCOc1ccc(Cc2cc3cccccc-3c2)cc1[C@@H]1O[C@H](CO)[C@@H](O)[C@H](O)[C@H]1O. The van der Waals surface area contributed by atoms with Crippen LogP contribution in [0.3, 0.4) is 0 Å². The van der Waals surface area contributed by atoms with Crippen LogP contribution in [0.2, 0.25) is 0 Å². The van der Waals surface area contributed by atoms with E-state index in [1.807, 2.05) is 43.3 Å². The van der Waals surface area contributed by atoms with Crippen molar-refractivity contribution in [2.45, 2.75) is 43.9 Å². The normalized spacial score (nSPS) is 26.2. The first-order valence-electron chi connectivity index (χ1n) is 10.6. The summed E-state index contributed by atoms with van der Waals surface area (Å²) in [5, 5.41) is 40.5. The van der Waals surface area contributed by atoms with Crippen molar-refractivity contribution in [3.05, 3.63) is 77.4 Å². The largest absolute Gasteiger partial charge is 0.493 e. The van der Waals surface area contributed by atoms with Gasteiger partial charge in [-0.2, -0.15) is 0 Å². The predicted molar refractivity (Wildman–Crippen MR) is 116 cm³/mol. The summed E-state index contributed by atoms with van der Waals surface area (Å²) in [5.41, 5.74) is 5.07. The molecule has 1 aliphatic heterocycles. The molecule has 0 unspecified atom stereocenters. The monoisotopic (exact) mass is 424 g/mol. The van der Waals surface area contributed by atoms with Crippen molar-refractivity contribution in [1.29, 1.82) is 0 Å². The number of aliphatic hydroxyl groups is 4. The average molecular weight is 424 g/mol. The second kappa shape index (κ2) is 9.34. The maximum absolute atomic E-state index is 10.6. The van der Waals surface area contributed by atoms with Crippen LogP contribution < -0.4 is 4.74 Å². The fraction of sp³-hybridized carbons (Fsp3) is 0.360. The summed E-state index contributed by atoms with van der Waals surface area (Å²) >= 11 is 0. The van der Waals surface area contributed by atoms with Crippen LogP contribution in [0, 0.1) is 0 Å². The molecule has 0 bridgehead atoms. The van der Waals surface area contributed by atoms with E-state index in [2.05, 4.69) is 24.3 Å². The summed E-state index contributed by atoms with van der Waals surface area (Å²) < 4.78 is 11.5. The minimum absolute atomic E-state index is 0.426. The van der Waals surface area contributed by atoms with E-state index >= 15 is 0 Å². The number of rotatable bonds is 6. The molecular weight excluding hydrogens is 396 g/mol. The molecule has 1 saturated heterocycles. The van der Waals surface area contributed by atoms with Crippen molar-refractivity contribution < 1.29 is 29.9 Å². The van der Waals surface area contributed by atoms with Crippen LogP contribution in [0.15, 0.2) is 60.7 Å². The van der Waals surface area contributed by atoms with E-state index in [1.165, 1.54) is 11.1 Å². The van der Waals surface area contributed by atoms with Crippen LogP contribution in [0.4, 0.5) is 0 Å². The summed E-state index contributed by atoms with van der Waals surface area (Å²) in [6.07, 6.45) is -5.41. The average Bonchev–Trinajstić information content (AvgIpc) is 3.01. The second-order valence-corrected chi connectivity index (χ2v) is 7.92. The molecule has 6 nitrogen and oxygen atoms in total. The minimum atomic E-state index is -1.44. The smallest absolute Gasteiger partial charge is 0.125 e. The zero-order chi connectivity index (χ0) is 22.0. The van der Waals surface area contributed by atoms with Crippen LogP contribution in [-0.4, -0.2) is 58.1 Å². The first kappa shape index (κ1) is 21.7. The first-order chi connectivity index (χ1) is 15.0. The third kappa shape index (κ3) is 4.44. The van der Waals surface area contributed by atoms with Gasteiger partial charge < -0.3 is 29.9 Å². The molecular formula is C25H28O6. The molecule has 31 heavy (non-hydrogen) atoms. The highest BCUT2D eigenvalue weighted by molar-refractivity contribution is 5.68. The maximum Gasteiger partial charge on any atom is 0.125 e. The Hall–Kier alpha value is -2.48. The van der Waals surface area contributed by atoms with Crippen LogP contribution in [-0.2, 0) is 11.2 Å². The third-order valence-corrected chi connectivity index (χ3v) is 5.77. The minimum Gasteiger partial charge on any atom is -0.493 e. The Kier molecular flexibility index (Phi) is 6.55. The van der Waals surface area contributed by atoms with Gasteiger partial charge in [-0.3, -0.25) is 0 Å². The maximum atomic E-state index is 10.6. The van der Waals surface area contributed by atoms with Crippen molar-refractivity contribution in [3.63, 3.8) is 0 Å². The van der Waals surface area contributed by atoms with E-state index in [9.17, 15) is 20.4 Å². The fourth-order valence-electron chi connectivity index (χ4n) is 4.19. The Balaban J connectivity index is 1.67. The van der Waals surface area contributed by atoms with Gasteiger partial charge in [-0.1, -0.05) is 48.5 Å². The summed E-state index contributed by atoms with van der Waals surface area (Å²) in [7, 11) is 0. The molecule has 1 aromatic carbocycles. The zero-order valence-corrected chi connectivity index (χ0v) is 17.4. The molecule has 164 valence electrons. The molecule has 0 spiro atoms. The summed E-state index contributed by atoms with van der Waals surface area (Å²) in [6.45, 7) is 1.82. The van der Waals surface area contributed by atoms with Gasteiger partial charge in [-0.15, -0.1) is 0 Å². The van der Waals surface area contributed by atoms with Crippen molar-refractivity contribution in [1.82, 2.24) is 0 Å². The highest BCUT2D eigenvalue weighted by Crippen LogP contribution is 2.38. The lowest BCUT2D eigenvalue weighted by molar-refractivity contribution is -0.232. The number of ether oxygens (including phenoxy) is 2. The molecule has 0 aromatic heterocycles. The van der Waals surface area contributed by atoms with E-state index < -0.39 is 37.1 Å². The van der Waals surface area contributed by atoms with Gasteiger partial charge in [-0.05, 0) is 47.7 Å². The first-order valence-corrected chi connectivity index (χ1v) is 10.6. The van der Waals surface area contributed by atoms with Gasteiger partial charge >= 0.3 is 0 Å². The molecule has 6 heteroatoms. The standard InChI is InChI=1S/C25H28O6/c1-2-30-20-9-8-15(10-16-11-17-6-4-3-5-7-18(17)12-16)13-19(20)25-24(29)23(28)22(27)21(14-26)31-25/h3-9,11-13,21-29H,2,10,14H2,1H3/t21-,22-,23+,24-,25+/m1/s1. The molecule has 1 fully saturated rings. The third-order valence-electron chi connectivity index (χ3n) is 5.77. The van der Waals surface area contributed by atoms with Crippen LogP contribution in [0.25, 0.3) is 11.1 Å². The topological polar surface area (TPSA) is 99.4 Å². The van der Waals surface area contributed by atoms with E-state index in [-0.39, 0.29) is 0 Å². The van der Waals surface area contributed by atoms with Gasteiger partial charge in [0.05, 0.1) is 13.2 Å². The van der Waals surface area contributed by atoms with Crippen molar-refractivity contribution in [2.24, 2.45) is 0 Å². The molecule has 4 N–H and O–H groups in total. The van der Waals surface area contributed by atoms with E-state index in [0.717, 1.165) is 11.1 Å². The molecule has 0 amide bonds. The Labute approximate surface area is 181 Å². The lowest BCUT2D eigenvalue weighted by Gasteiger charge is -2.40. The molecule has 5 atom stereocenters. The molecule has 4 rings (SSSR count). The summed E-state index contributed by atoms with van der Waals surface area (Å²) in [5.74, 6) is 0.537. The quantitative estimate of drug-likeness (QED) is 0.485. The predicted octanol–water partition coefficient (Wildman–Crippen LogP) is 2.30. The molecule has 0 saturated carbocycles. The number of benzene rings is 1. The van der Waals surface area contributed by atoms with Crippen molar-refractivity contribution in [3.8, 4) is 16.9 Å². The van der Waals surface area contributed by atoms with Crippen LogP contribution >= 0.6 is 0 Å². The summed E-state index contributed by atoms with van der Waals surface area (Å²) in [4.78, 5) is 0. The van der Waals surface area contributed by atoms with Crippen molar-refractivity contribution in [2.75, 3.05) is 13.2 Å². The Bertz CT molecular complexity index is 957. The second-order valence-electron chi connectivity index (χ2n) is 7.92. The molecule has 2 aliphatic carbocycles. The van der Waals surface area contributed by atoms with E-state index in [4.69, 9.17) is 9.47 Å². The van der Waals surface area contributed by atoms with Gasteiger partial charge in [0.2, 0.25) is 0 Å². The molecule has 3 aliphatic rings. The molecule has 0 radical (unpaired) electrons.